The van der Waals surface area contributed by atoms with E-state index in [-0.39, 0.29) is 16.3 Å². The zero-order valence-electron chi connectivity index (χ0n) is 33.0. The van der Waals surface area contributed by atoms with Gasteiger partial charge in [-0.15, -0.1) is 0 Å². The molecule has 0 aliphatic heterocycles. The minimum Gasteiger partial charge on any atom is -0.493 e. The van der Waals surface area contributed by atoms with Crippen LogP contribution in [0.5, 0.6) is 5.88 Å². The van der Waals surface area contributed by atoms with Gasteiger partial charge in [-0.25, -0.2) is 4.98 Å². The molecule has 0 spiro atoms. The van der Waals surface area contributed by atoms with Crippen LogP contribution in [0.15, 0.2) is 53.3 Å². The smallest absolute Gasteiger partial charge is 0.280 e. The van der Waals surface area contributed by atoms with E-state index in [1.165, 1.54) is 19.8 Å². The molecule has 2 amide bonds. The number of carbonyl (C=O) groups excluding carboxylic acids is 2. The number of unbranched alkanes of at least 4 members (excludes halogenated alkanes) is 2. The number of nitrogens with zero attached hydrogens (tertiary/aromatic N) is 4. The predicted octanol–water partition coefficient (Wildman–Crippen LogP) is 8.41. The van der Waals surface area contributed by atoms with Crippen molar-refractivity contribution in [3.8, 4) is 17.1 Å². The largest absolute Gasteiger partial charge is 0.493 e. The molecule has 0 saturated heterocycles. The van der Waals surface area contributed by atoms with Crippen molar-refractivity contribution in [2.24, 2.45) is 11.8 Å². The monoisotopic (exact) mass is 738 g/mol. The van der Waals surface area contributed by atoms with E-state index in [1.807, 2.05) is 6.07 Å². The molecule has 1 N–H and O–H groups in total. The first-order chi connectivity index (χ1) is 25.4. The van der Waals surface area contributed by atoms with Crippen LogP contribution < -0.4 is 25.9 Å². The average Bonchev–Trinajstić information content (AvgIpc) is 3.56. The van der Waals surface area contributed by atoms with Crippen LogP contribution in [0.1, 0.15) is 118 Å². The van der Waals surface area contributed by atoms with Crippen LogP contribution in [0.2, 0.25) is 0 Å². The van der Waals surface area contributed by atoms with E-state index in [2.05, 4.69) is 65.2 Å². The first-order valence-electron chi connectivity index (χ1n) is 19.3. The molecule has 8 nitrogen and oxygen atoms in total. The minimum atomic E-state index is -0.730. The summed E-state index contributed by atoms with van der Waals surface area (Å²) < 4.78 is 0.777. The average molecular weight is 739 g/mol. The molecule has 9 heteroatoms. The quantitative estimate of drug-likeness (QED) is 0.117. The Hall–Kier alpha value is -4.50. The summed E-state index contributed by atoms with van der Waals surface area (Å²) in [6.45, 7) is 22.0. The first-order valence-corrected chi connectivity index (χ1v) is 20.1. The van der Waals surface area contributed by atoms with Gasteiger partial charge in [0.1, 0.15) is 0 Å². The summed E-state index contributed by atoms with van der Waals surface area (Å²) in [4.78, 5) is 49.9. The summed E-state index contributed by atoms with van der Waals surface area (Å²) in [6, 6.07) is 14.4. The van der Waals surface area contributed by atoms with Gasteiger partial charge in [-0.1, -0.05) is 121 Å². The Morgan fingerprint density at radius 2 is 1.47 bits per heavy atom. The fraction of sp³-hybridized carbons (Fsp3) is 0.455. The molecule has 0 fully saturated rings. The van der Waals surface area contributed by atoms with Crippen molar-refractivity contribution in [1.29, 1.82) is 0 Å². The van der Waals surface area contributed by atoms with Gasteiger partial charge in [0.25, 0.3) is 11.5 Å². The number of aromatic hydroxyl groups is 1. The van der Waals surface area contributed by atoms with Gasteiger partial charge in [0.05, 0.1) is 15.8 Å². The fourth-order valence-electron chi connectivity index (χ4n) is 6.99. The minimum absolute atomic E-state index is 0.172. The molecule has 2 unspecified atom stereocenters. The van der Waals surface area contributed by atoms with Gasteiger partial charge >= 0.3 is 0 Å². The molecule has 0 radical (unpaired) electrons. The predicted molar refractivity (Wildman–Crippen MR) is 221 cm³/mol. The van der Waals surface area contributed by atoms with E-state index >= 15 is 0 Å². The molecule has 0 saturated carbocycles. The van der Waals surface area contributed by atoms with Crippen LogP contribution in [0.3, 0.4) is 0 Å². The van der Waals surface area contributed by atoms with Crippen molar-refractivity contribution in [3.05, 3.63) is 96.5 Å². The van der Waals surface area contributed by atoms with E-state index in [1.54, 1.807) is 54.7 Å². The van der Waals surface area contributed by atoms with Gasteiger partial charge in [-0.2, -0.15) is 9.69 Å². The number of carbonyl (C=O) groups is 2. The molecule has 0 bridgehead atoms. The Morgan fingerprint density at radius 3 is 1.98 bits per heavy atom. The van der Waals surface area contributed by atoms with E-state index in [9.17, 15) is 19.5 Å². The van der Waals surface area contributed by atoms with E-state index in [4.69, 9.17) is 4.98 Å². The summed E-state index contributed by atoms with van der Waals surface area (Å²) >= 11 is 1.55. The highest BCUT2D eigenvalue weighted by Gasteiger charge is 2.28. The van der Waals surface area contributed by atoms with Crippen LogP contribution in [-0.4, -0.2) is 39.7 Å². The van der Waals surface area contributed by atoms with Crippen molar-refractivity contribution in [2.75, 3.05) is 23.0 Å². The molecule has 284 valence electrons. The Morgan fingerprint density at radius 1 is 0.906 bits per heavy atom. The second-order valence-corrected chi connectivity index (χ2v) is 15.3. The fourth-order valence-corrected chi connectivity index (χ4v) is 8.02. The van der Waals surface area contributed by atoms with Crippen molar-refractivity contribution in [2.45, 2.75) is 107 Å². The second kappa shape index (κ2) is 19.0. The highest BCUT2D eigenvalue weighted by Crippen LogP contribution is 2.38. The number of aryl methyl sites for hydroxylation is 2. The van der Waals surface area contributed by atoms with Gasteiger partial charge in [0.15, 0.2) is 5.13 Å². The lowest BCUT2D eigenvalue weighted by atomic mass is 9.96. The van der Waals surface area contributed by atoms with Crippen molar-refractivity contribution < 1.29 is 14.7 Å². The normalized spacial score (nSPS) is 12.9. The highest BCUT2D eigenvalue weighted by molar-refractivity contribution is 7.16. The number of aromatic nitrogens is 2. The molecule has 2 atom stereocenters. The Balaban J connectivity index is 2.02. The molecule has 2 aromatic heterocycles. The van der Waals surface area contributed by atoms with Gasteiger partial charge in [-0.3, -0.25) is 14.4 Å². The SMILES string of the molecule is C=c1c(C)c(O)n(N(C(C)=O)C(=O)c2ccccc2)c(=O)/c1=C\c1sc(N(CC(CC)CCCC)CC(CC)CCCC)nc1-c1c(C)cccc1C. The van der Waals surface area contributed by atoms with Crippen LogP contribution in [0, 0.1) is 32.6 Å². The molecule has 4 rings (SSSR count). The third kappa shape index (κ3) is 9.55. The Labute approximate surface area is 319 Å². The van der Waals surface area contributed by atoms with Crippen molar-refractivity contribution >= 4 is 40.9 Å². The second-order valence-electron chi connectivity index (χ2n) is 14.3. The van der Waals surface area contributed by atoms with Gasteiger partial charge in [0.2, 0.25) is 11.8 Å². The molecular formula is C44H58N4O4S. The first kappa shape index (κ1) is 41.3. The number of benzene rings is 2. The summed E-state index contributed by atoms with van der Waals surface area (Å²) in [6.07, 6.45) is 11.0. The highest BCUT2D eigenvalue weighted by atomic mass is 32.1. The topological polar surface area (TPSA) is 95.7 Å². The maximum Gasteiger partial charge on any atom is 0.280 e. The number of amides is 2. The molecule has 2 heterocycles. The molecule has 0 aliphatic carbocycles. The van der Waals surface area contributed by atoms with Crippen molar-refractivity contribution in [1.82, 2.24) is 9.66 Å². The van der Waals surface area contributed by atoms with Crippen LogP contribution >= 0.6 is 11.3 Å². The number of imide groups is 1. The lowest BCUT2D eigenvalue weighted by Crippen LogP contribution is -2.56. The molecule has 2 aromatic carbocycles. The van der Waals surface area contributed by atoms with E-state index in [0.717, 1.165) is 88.7 Å². The lowest BCUT2D eigenvalue weighted by molar-refractivity contribution is -0.117. The Bertz CT molecular complexity index is 2010. The third-order valence-electron chi connectivity index (χ3n) is 10.4. The number of hydrogen-bond acceptors (Lipinski definition) is 7. The van der Waals surface area contributed by atoms with E-state index in [0.29, 0.717) is 22.1 Å². The van der Waals surface area contributed by atoms with Crippen LogP contribution in [0.25, 0.3) is 23.9 Å². The van der Waals surface area contributed by atoms with Crippen molar-refractivity contribution in [3.63, 3.8) is 0 Å². The van der Waals surface area contributed by atoms with E-state index < -0.39 is 23.3 Å². The summed E-state index contributed by atoms with van der Waals surface area (Å²) in [5, 5.41) is 13.4. The molecule has 53 heavy (non-hydrogen) atoms. The zero-order chi connectivity index (χ0) is 38.8. The summed E-state index contributed by atoms with van der Waals surface area (Å²) in [5.41, 5.74) is 3.67. The number of hydrogen-bond donors (Lipinski definition) is 1. The molecule has 0 aliphatic rings. The number of thiazole rings is 1. The summed E-state index contributed by atoms with van der Waals surface area (Å²) in [5.74, 6) is -0.911. The zero-order valence-corrected chi connectivity index (χ0v) is 33.8. The summed E-state index contributed by atoms with van der Waals surface area (Å²) in [7, 11) is 0. The third-order valence-corrected chi connectivity index (χ3v) is 11.5. The number of pyridine rings is 1. The van der Waals surface area contributed by atoms with Gasteiger partial charge in [-0.05, 0) is 80.0 Å². The van der Waals surface area contributed by atoms with Crippen LogP contribution in [-0.2, 0) is 4.79 Å². The lowest BCUT2D eigenvalue weighted by Gasteiger charge is -2.30. The standard InChI is InChI=1S/C44H58N4O4S/c1-10-14-22-34(12-3)27-46(28-35(13-4)23-15-11-2)44-45-40(39-29(5)20-19-21-30(39)6)38(53-44)26-37-31(7)32(8)41(50)48(43(37)52)47(33(9)49)42(51)36-24-17-16-18-25-36/h16-21,24-26,34-35,50H,7,10-15,22-23,27-28H2,1-6,8-9H3/b37-26-. The molecular weight excluding hydrogens is 681 g/mol. The Kier molecular flexibility index (Phi) is 14.8. The maximum atomic E-state index is 14.5. The molecule has 4 aromatic rings. The van der Waals surface area contributed by atoms with Gasteiger partial charge < -0.3 is 10.0 Å². The number of rotatable bonds is 17. The number of anilines is 1. The van der Waals surface area contributed by atoms with Crippen LogP contribution in [0.4, 0.5) is 5.13 Å². The van der Waals surface area contributed by atoms with Gasteiger partial charge in [0, 0.05) is 36.7 Å². The maximum absolute atomic E-state index is 14.5.